The van der Waals surface area contributed by atoms with Crippen molar-refractivity contribution >= 4 is 23.7 Å². The Labute approximate surface area is 113 Å². The van der Waals surface area contributed by atoms with E-state index in [1.807, 2.05) is 0 Å². The van der Waals surface area contributed by atoms with Crippen molar-refractivity contribution in [3.05, 3.63) is 58.3 Å². The van der Waals surface area contributed by atoms with Gasteiger partial charge in [-0.25, -0.2) is 9.82 Å². The van der Waals surface area contributed by atoms with Gasteiger partial charge in [-0.15, -0.1) is 0 Å². The van der Waals surface area contributed by atoms with Gasteiger partial charge >= 0.3 is 0 Å². The molecule has 0 saturated heterocycles. The first-order valence-electron chi connectivity index (χ1n) is 5.41. The molecule has 98 valence electrons. The molecule has 1 N–H and O–H groups in total. The summed E-state index contributed by atoms with van der Waals surface area (Å²) < 4.78 is 18.4. The zero-order chi connectivity index (χ0) is 13.8. The summed E-state index contributed by atoms with van der Waals surface area (Å²) >= 11 is 5.81. The molecule has 1 heterocycles. The maximum absolute atomic E-state index is 13.4. The summed E-state index contributed by atoms with van der Waals surface area (Å²) in [5.74, 6) is -0.462. The molecule has 6 heteroatoms. The van der Waals surface area contributed by atoms with Gasteiger partial charge < -0.3 is 4.42 Å². The second-order valence-electron chi connectivity index (χ2n) is 3.72. The number of carbonyl (C=O) groups is 1. The number of nitrogens with one attached hydrogen (secondary N) is 1. The Morgan fingerprint density at radius 2 is 2.26 bits per heavy atom. The molecular weight excluding hydrogens is 271 g/mol. The molecule has 0 atom stereocenters. The summed E-state index contributed by atoms with van der Waals surface area (Å²) in [6.45, 7) is 1.66. The maximum atomic E-state index is 13.4. The van der Waals surface area contributed by atoms with E-state index in [2.05, 4.69) is 10.5 Å². The van der Waals surface area contributed by atoms with Crippen molar-refractivity contribution in [3.8, 4) is 0 Å². The fraction of sp³-hybridized carbons (Fsp3) is 0.0769. The average molecular weight is 281 g/mol. The van der Waals surface area contributed by atoms with Gasteiger partial charge in [-0.2, -0.15) is 5.10 Å². The summed E-state index contributed by atoms with van der Waals surface area (Å²) in [5, 5.41) is 3.89. The van der Waals surface area contributed by atoms with Crippen LogP contribution in [-0.4, -0.2) is 12.1 Å². The fourth-order valence-electron chi connectivity index (χ4n) is 1.47. The minimum atomic E-state index is -0.509. The molecule has 2 aromatic rings. The molecule has 2 rings (SSSR count). The summed E-state index contributed by atoms with van der Waals surface area (Å²) in [4.78, 5) is 11.7. The van der Waals surface area contributed by atoms with Crippen molar-refractivity contribution in [1.29, 1.82) is 0 Å². The van der Waals surface area contributed by atoms with Crippen LogP contribution in [0.5, 0.6) is 0 Å². The minimum Gasteiger partial charge on any atom is -0.469 e. The van der Waals surface area contributed by atoms with E-state index in [1.54, 1.807) is 6.92 Å². The Morgan fingerprint density at radius 1 is 1.47 bits per heavy atom. The summed E-state index contributed by atoms with van der Waals surface area (Å²) in [5.41, 5.74) is 2.76. The van der Waals surface area contributed by atoms with Crippen LogP contribution < -0.4 is 5.43 Å². The number of amides is 1. The summed E-state index contributed by atoms with van der Waals surface area (Å²) in [6.07, 6.45) is 2.56. The molecule has 1 aromatic carbocycles. The Kier molecular flexibility index (Phi) is 3.97. The largest absolute Gasteiger partial charge is 0.469 e. The molecule has 19 heavy (non-hydrogen) atoms. The monoisotopic (exact) mass is 280 g/mol. The van der Waals surface area contributed by atoms with Crippen LogP contribution in [0.2, 0.25) is 5.02 Å². The zero-order valence-electron chi connectivity index (χ0n) is 9.98. The van der Waals surface area contributed by atoms with Gasteiger partial charge in [0.25, 0.3) is 5.91 Å². The van der Waals surface area contributed by atoms with Crippen LogP contribution in [0.1, 0.15) is 21.7 Å². The van der Waals surface area contributed by atoms with Gasteiger partial charge in [-0.1, -0.05) is 17.7 Å². The van der Waals surface area contributed by atoms with E-state index in [1.165, 1.54) is 30.5 Å². The minimum absolute atomic E-state index is 0.119. The predicted octanol–water partition coefficient (Wildman–Crippen LogP) is 3.14. The molecule has 1 amide bonds. The third-order valence-corrected chi connectivity index (χ3v) is 2.79. The summed E-state index contributed by atoms with van der Waals surface area (Å²) in [6, 6.07) is 5.81. The molecule has 0 aliphatic heterocycles. The molecule has 0 bridgehead atoms. The number of hydrogen-bond donors (Lipinski definition) is 1. The van der Waals surface area contributed by atoms with Crippen molar-refractivity contribution in [1.82, 2.24) is 5.43 Å². The number of halogens is 2. The standard InChI is InChI=1S/C13H10ClFN2O2/c1-8-9(5-6-19-8)13(18)17-16-7-10-11(14)3-2-4-12(10)15/h2-7H,1H3,(H,17,18)/b16-7+. The fourth-order valence-corrected chi connectivity index (χ4v) is 1.68. The van der Waals surface area contributed by atoms with Gasteiger partial charge in [0.15, 0.2) is 0 Å². The highest BCUT2D eigenvalue weighted by Gasteiger charge is 2.10. The Bertz CT molecular complexity index is 617. The topological polar surface area (TPSA) is 54.6 Å². The van der Waals surface area contributed by atoms with Crippen LogP contribution in [0.15, 0.2) is 40.0 Å². The van der Waals surface area contributed by atoms with Crippen molar-refractivity contribution in [2.24, 2.45) is 5.10 Å². The van der Waals surface area contributed by atoms with Gasteiger partial charge in [0.05, 0.1) is 23.1 Å². The van der Waals surface area contributed by atoms with Crippen molar-refractivity contribution in [2.75, 3.05) is 0 Å². The van der Waals surface area contributed by atoms with Gasteiger partial charge in [0, 0.05) is 5.56 Å². The smallest absolute Gasteiger partial charge is 0.274 e. The van der Waals surface area contributed by atoms with E-state index in [0.29, 0.717) is 11.3 Å². The van der Waals surface area contributed by atoms with Crippen LogP contribution in [0.4, 0.5) is 4.39 Å². The first-order chi connectivity index (χ1) is 9.09. The van der Waals surface area contributed by atoms with Crippen LogP contribution in [0.25, 0.3) is 0 Å². The van der Waals surface area contributed by atoms with E-state index >= 15 is 0 Å². The predicted molar refractivity (Wildman–Crippen MR) is 69.9 cm³/mol. The molecule has 0 aliphatic carbocycles. The molecule has 0 saturated carbocycles. The lowest BCUT2D eigenvalue weighted by molar-refractivity contribution is 0.0953. The molecule has 1 aromatic heterocycles. The SMILES string of the molecule is Cc1occc1C(=O)N/N=C/c1c(F)cccc1Cl. The molecule has 0 spiro atoms. The van der Waals surface area contributed by atoms with Crippen molar-refractivity contribution in [3.63, 3.8) is 0 Å². The lowest BCUT2D eigenvalue weighted by Crippen LogP contribution is -2.17. The highest BCUT2D eigenvalue weighted by Crippen LogP contribution is 2.16. The number of hydrazone groups is 1. The third kappa shape index (κ3) is 3.00. The summed E-state index contributed by atoms with van der Waals surface area (Å²) in [7, 11) is 0. The average Bonchev–Trinajstić information content (AvgIpc) is 2.79. The number of rotatable bonds is 3. The highest BCUT2D eigenvalue weighted by molar-refractivity contribution is 6.33. The normalized spacial score (nSPS) is 10.9. The number of carbonyl (C=O) groups excluding carboxylic acids is 1. The van der Waals surface area contributed by atoms with Gasteiger partial charge in [0.1, 0.15) is 11.6 Å². The van der Waals surface area contributed by atoms with Crippen molar-refractivity contribution in [2.45, 2.75) is 6.92 Å². The van der Waals surface area contributed by atoms with Gasteiger partial charge in [0.2, 0.25) is 0 Å². The van der Waals surface area contributed by atoms with Crippen LogP contribution >= 0.6 is 11.6 Å². The first kappa shape index (κ1) is 13.3. The Morgan fingerprint density at radius 3 is 2.89 bits per heavy atom. The molecular formula is C13H10ClFN2O2. The maximum Gasteiger partial charge on any atom is 0.274 e. The van der Waals surface area contributed by atoms with E-state index in [0.717, 1.165) is 6.21 Å². The first-order valence-corrected chi connectivity index (χ1v) is 5.79. The number of benzene rings is 1. The lowest BCUT2D eigenvalue weighted by atomic mass is 10.2. The van der Waals surface area contributed by atoms with Crippen LogP contribution in [0, 0.1) is 12.7 Å². The van der Waals surface area contributed by atoms with E-state index < -0.39 is 11.7 Å². The number of aryl methyl sites for hydroxylation is 1. The van der Waals surface area contributed by atoms with E-state index in [-0.39, 0.29) is 10.6 Å². The third-order valence-electron chi connectivity index (χ3n) is 2.46. The quantitative estimate of drug-likeness (QED) is 0.694. The second-order valence-corrected chi connectivity index (χ2v) is 4.13. The molecule has 0 unspecified atom stereocenters. The highest BCUT2D eigenvalue weighted by atomic mass is 35.5. The van der Waals surface area contributed by atoms with Crippen LogP contribution in [0.3, 0.4) is 0 Å². The molecule has 0 fully saturated rings. The molecule has 0 aliphatic rings. The van der Waals surface area contributed by atoms with E-state index in [4.69, 9.17) is 16.0 Å². The van der Waals surface area contributed by atoms with Gasteiger partial charge in [-0.3, -0.25) is 4.79 Å². The number of hydrogen-bond acceptors (Lipinski definition) is 3. The van der Waals surface area contributed by atoms with Crippen molar-refractivity contribution < 1.29 is 13.6 Å². The Balaban J connectivity index is 2.09. The second kappa shape index (κ2) is 5.67. The molecule has 4 nitrogen and oxygen atoms in total. The molecule has 0 radical (unpaired) electrons. The number of nitrogens with zero attached hydrogens (tertiary/aromatic N) is 1. The number of furan rings is 1. The zero-order valence-corrected chi connectivity index (χ0v) is 10.7. The lowest BCUT2D eigenvalue weighted by Gasteiger charge is -2.00. The van der Waals surface area contributed by atoms with Gasteiger partial charge in [-0.05, 0) is 25.1 Å². The van der Waals surface area contributed by atoms with E-state index in [9.17, 15) is 9.18 Å². The van der Waals surface area contributed by atoms with Crippen LogP contribution in [-0.2, 0) is 0 Å². The Hall–Kier alpha value is -2.14.